The van der Waals surface area contributed by atoms with E-state index < -0.39 is 0 Å². The van der Waals surface area contributed by atoms with Crippen LogP contribution in [0.25, 0.3) is 0 Å². The molecule has 0 spiro atoms. The van der Waals surface area contributed by atoms with Crippen molar-refractivity contribution in [3.05, 3.63) is 34.4 Å². The molecule has 0 bridgehead atoms. The Kier molecular flexibility index (Phi) is 3.14. The van der Waals surface area contributed by atoms with Crippen LogP contribution in [-0.4, -0.2) is 0 Å². The molecule has 1 aromatic carbocycles. The molecule has 0 aromatic heterocycles. The molecule has 0 nitrogen and oxygen atoms in total. The lowest BCUT2D eigenvalue weighted by Gasteiger charge is -2.13. The number of rotatable bonds is 3. The van der Waals surface area contributed by atoms with Gasteiger partial charge in [-0.25, -0.2) is 0 Å². The van der Waals surface area contributed by atoms with Crippen molar-refractivity contribution < 1.29 is 0 Å². The van der Waals surface area contributed by atoms with Gasteiger partial charge in [0.2, 0.25) is 0 Å². The predicted octanol–water partition coefficient (Wildman–Crippen LogP) is 4.39. The summed E-state index contributed by atoms with van der Waals surface area (Å²) < 4.78 is 0. The van der Waals surface area contributed by atoms with Gasteiger partial charge in [-0.1, -0.05) is 32.4 Å². The van der Waals surface area contributed by atoms with Gasteiger partial charge in [-0.2, -0.15) is 0 Å². The van der Waals surface area contributed by atoms with E-state index in [1.807, 2.05) is 0 Å². The van der Waals surface area contributed by atoms with Crippen LogP contribution in [0.2, 0.25) is 0 Å². The Balaban J connectivity index is 2.36. The molecule has 0 radical (unpaired) electrons. The van der Waals surface area contributed by atoms with Gasteiger partial charge < -0.3 is 0 Å². The summed E-state index contributed by atoms with van der Waals surface area (Å²) in [7, 11) is 0. The summed E-state index contributed by atoms with van der Waals surface area (Å²) in [4.78, 5) is 0. The van der Waals surface area contributed by atoms with Gasteiger partial charge in [0.25, 0.3) is 0 Å². The zero-order chi connectivity index (χ0) is 10.8. The second-order valence-corrected chi connectivity index (χ2v) is 4.98. The van der Waals surface area contributed by atoms with E-state index in [0.29, 0.717) is 0 Å². The topological polar surface area (TPSA) is 0 Å². The Morgan fingerprint density at radius 2 is 2.13 bits per heavy atom. The molecular formula is C15H22. The second kappa shape index (κ2) is 4.38. The van der Waals surface area contributed by atoms with Crippen LogP contribution in [-0.2, 0) is 12.8 Å². The monoisotopic (exact) mass is 202 g/mol. The van der Waals surface area contributed by atoms with Crippen molar-refractivity contribution >= 4 is 0 Å². The van der Waals surface area contributed by atoms with Gasteiger partial charge >= 0.3 is 0 Å². The molecule has 1 aromatic rings. The summed E-state index contributed by atoms with van der Waals surface area (Å²) >= 11 is 0. The smallest absolute Gasteiger partial charge is 0.0182 e. The van der Waals surface area contributed by atoms with Crippen molar-refractivity contribution in [3.63, 3.8) is 0 Å². The lowest BCUT2D eigenvalue weighted by Crippen LogP contribution is -1.98. The second-order valence-electron chi connectivity index (χ2n) is 4.98. The molecule has 0 saturated carbocycles. The number of hydrogen-bond donors (Lipinski definition) is 0. The van der Waals surface area contributed by atoms with Gasteiger partial charge in [-0.05, 0) is 60.8 Å². The maximum Gasteiger partial charge on any atom is -0.0182 e. The minimum absolute atomic E-state index is 0.798. The highest BCUT2D eigenvalue weighted by Gasteiger charge is 2.22. The Bertz CT molecular complexity index is 349. The Morgan fingerprint density at radius 3 is 2.87 bits per heavy atom. The van der Waals surface area contributed by atoms with Crippen molar-refractivity contribution in [3.8, 4) is 0 Å². The van der Waals surface area contributed by atoms with Gasteiger partial charge in [-0.3, -0.25) is 0 Å². The van der Waals surface area contributed by atoms with Crippen LogP contribution < -0.4 is 0 Å². The molecule has 0 heteroatoms. The maximum atomic E-state index is 2.39. The number of hydrogen-bond acceptors (Lipinski definition) is 0. The fourth-order valence-electron chi connectivity index (χ4n) is 2.86. The number of unbranched alkanes of at least 4 members (excludes halogenated alkanes) is 1. The third kappa shape index (κ3) is 1.95. The highest BCUT2D eigenvalue weighted by atomic mass is 14.3. The first-order chi connectivity index (χ1) is 7.24. The number of benzene rings is 1. The lowest BCUT2D eigenvalue weighted by atomic mass is 9.92. The summed E-state index contributed by atoms with van der Waals surface area (Å²) in [5.41, 5.74) is 6.50. The largest absolute Gasteiger partial charge is 0.0654 e. The lowest BCUT2D eigenvalue weighted by molar-refractivity contribution is 0.727. The van der Waals surface area contributed by atoms with Crippen molar-refractivity contribution in [1.29, 1.82) is 0 Å². The van der Waals surface area contributed by atoms with Gasteiger partial charge in [0.1, 0.15) is 0 Å². The van der Waals surface area contributed by atoms with Crippen LogP contribution in [0.15, 0.2) is 12.1 Å². The Morgan fingerprint density at radius 1 is 1.33 bits per heavy atom. The summed E-state index contributed by atoms with van der Waals surface area (Å²) in [5.74, 6) is 0.798. The minimum atomic E-state index is 0.798. The molecule has 0 amide bonds. The summed E-state index contributed by atoms with van der Waals surface area (Å²) in [6.45, 7) is 6.93. The number of aryl methyl sites for hydroxylation is 2. The van der Waals surface area contributed by atoms with Gasteiger partial charge in [0.05, 0.1) is 0 Å². The first-order valence-corrected chi connectivity index (χ1v) is 6.35. The van der Waals surface area contributed by atoms with Crippen molar-refractivity contribution in [2.45, 2.75) is 58.8 Å². The van der Waals surface area contributed by atoms with Crippen LogP contribution in [0.4, 0.5) is 0 Å². The van der Waals surface area contributed by atoms with Gasteiger partial charge in [0, 0.05) is 0 Å². The van der Waals surface area contributed by atoms with Crippen molar-refractivity contribution in [2.24, 2.45) is 0 Å². The van der Waals surface area contributed by atoms with Crippen LogP contribution >= 0.6 is 0 Å². The van der Waals surface area contributed by atoms with E-state index in [0.717, 1.165) is 5.92 Å². The Labute approximate surface area is 93.7 Å². The number of fused-ring (bicyclic) bond motifs is 1. The average Bonchev–Trinajstić information content (AvgIpc) is 2.61. The molecule has 1 unspecified atom stereocenters. The first kappa shape index (κ1) is 10.7. The van der Waals surface area contributed by atoms with E-state index in [1.54, 1.807) is 16.7 Å². The van der Waals surface area contributed by atoms with Crippen LogP contribution in [0.3, 0.4) is 0 Å². The summed E-state index contributed by atoms with van der Waals surface area (Å²) in [5, 5.41) is 0. The van der Waals surface area contributed by atoms with Crippen LogP contribution in [0, 0.1) is 6.92 Å². The molecule has 2 rings (SSSR count). The zero-order valence-electron chi connectivity index (χ0n) is 10.3. The van der Waals surface area contributed by atoms with Crippen molar-refractivity contribution in [1.82, 2.24) is 0 Å². The van der Waals surface area contributed by atoms with E-state index in [2.05, 4.69) is 32.9 Å². The SMILES string of the molecule is CCCCc1ccc(C)c2c1C(C)CC2. The molecule has 0 saturated heterocycles. The minimum Gasteiger partial charge on any atom is -0.0654 e. The Hall–Kier alpha value is -0.780. The molecule has 1 atom stereocenters. The third-order valence-electron chi connectivity index (χ3n) is 3.80. The molecule has 15 heavy (non-hydrogen) atoms. The van der Waals surface area contributed by atoms with E-state index >= 15 is 0 Å². The molecule has 0 heterocycles. The van der Waals surface area contributed by atoms with Gasteiger partial charge in [0.15, 0.2) is 0 Å². The highest BCUT2D eigenvalue weighted by molar-refractivity contribution is 5.45. The molecule has 1 aliphatic carbocycles. The molecule has 0 N–H and O–H groups in total. The fraction of sp³-hybridized carbons (Fsp3) is 0.600. The van der Waals surface area contributed by atoms with E-state index in [4.69, 9.17) is 0 Å². The highest BCUT2D eigenvalue weighted by Crippen LogP contribution is 2.37. The molecule has 0 aliphatic heterocycles. The van der Waals surface area contributed by atoms with Crippen LogP contribution in [0.5, 0.6) is 0 Å². The average molecular weight is 202 g/mol. The third-order valence-corrected chi connectivity index (χ3v) is 3.80. The van der Waals surface area contributed by atoms with Crippen molar-refractivity contribution in [2.75, 3.05) is 0 Å². The summed E-state index contributed by atoms with van der Waals surface area (Å²) in [6, 6.07) is 4.69. The first-order valence-electron chi connectivity index (χ1n) is 6.35. The quantitative estimate of drug-likeness (QED) is 0.682. The van der Waals surface area contributed by atoms with Gasteiger partial charge in [-0.15, -0.1) is 0 Å². The van der Waals surface area contributed by atoms with E-state index in [-0.39, 0.29) is 0 Å². The maximum absolute atomic E-state index is 2.39. The van der Waals surface area contributed by atoms with Crippen LogP contribution in [0.1, 0.15) is 61.3 Å². The molecule has 0 fully saturated rings. The molecular weight excluding hydrogens is 180 g/mol. The van der Waals surface area contributed by atoms with E-state index in [1.165, 1.54) is 37.7 Å². The summed E-state index contributed by atoms with van der Waals surface area (Å²) in [6.07, 6.45) is 6.59. The molecule has 1 aliphatic rings. The fourth-order valence-corrected chi connectivity index (χ4v) is 2.86. The standard InChI is InChI=1S/C15H22/c1-4-5-6-13-9-7-11(2)14-10-8-12(3)15(13)14/h7,9,12H,4-6,8,10H2,1-3H3. The van der Waals surface area contributed by atoms with E-state index in [9.17, 15) is 0 Å². The molecule has 82 valence electrons. The normalized spacial score (nSPS) is 19.3. The zero-order valence-corrected chi connectivity index (χ0v) is 10.3. The predicted molar refractivity (Wildman–Crippen MR) is 66.5 cm³/mol.